The van der Waals surface area contributed by atoms with Gasteiger partial charge in [-0.3, -0.25) is 9.59 Å². The molecule has 0 spiro atoms. The van der Waals surface area contributed by atoms with E-state index in [0.29, 0.717) is 13.2 Å². The number of esters is 2. The third-order valence-electron chi connectivity index (χ3n) is 8.89. The molecule has 1 unspecified atom stereocenters. The highest BCUT2D eigenvalue weighted by Gasteiger charge is 2.27. The summed E-state index contributed by atoms with van der Waals surface area (Å²) in [6.07, 6.45) is 1.57. The smallest absolute Gasteiger partial charge is 0.311 e. The quantitative estimate of drug-likeness (QED) is 0.129. The number of benzene rings is 6. The van der Waals surface area contributed by atoms with Crippen LogP contribution in [0.2, 0.25) is 0 Å². The van der Waals surface area contributed by atoms with Gasteiger partial charge in [0, 0.05) is 0 Å². The molecule has 0 heterocycles. The SMILES string of the molecule is CCC(C)(C)C(=O)OCc1cccc2ccc3ccccc3c12.CCC(C)C(=O)OCc1cccc2ccc3ccccc3c12. The number of hydrogen-bond donors (Lipinski definition) is 0. The van der Waals surface area contributed by atoms with Gasteiger partial charge in [0.05, 0.1) is 11.3 Å². The number of carbonyl (C=O) groups excluding carboxylic acids is 2. The van der Waals surface area contributed by atoms with Crippen molar-refractivity contribution < 1.29 is 19.1 Å². The lowest BCUT2D eigenvalue weighted by Crippen LogP contribution is -2.25. The van der Waals surface area contributed by atoms with Gasteiger partial charge in [-0.15, -0.1) is 0 Å². The molecule has 0 aliphatic rings. The molecular formula is C41H42O4. The van der Waals surface area contributed by atoms with Crippen molar-refractivity contribution in [3.63, 3.8) is 0 Å². The van der Waals surface area contributed by atoms with E-state index in [-0.39, 0.29) is 17.9 Å². The topological polar surface area (TPSA) is 52.6 Å². The molecule has 45 heavy (non-hydrogen) atoms. The van der Waals surface area contributed by atoms with Crippen molar-refractivity contribution in [3.05, 3.63) is 120 Å². The van der Waals surface area contributed by atoms with Gasteiger partial charge in [-0.2, -0.15) is 0 Å². The highest BCUT2D eigenvalue weighted by Crippen LogP contribution is 2.31. The van der Waals surface area contributed by atoms with E-state index in [9.17, 15) is 9.59 Å². The molecule has 0 saturated carbocycles. The fourth-order valence-electron chi connectivity index (χ4n) is 5.46. The zero-order chi connectivity index (χ0) is 32.0. The fourth-order valence-corrected chi connectivity index (χ4v) is 5.46. The predicted octanol–water partition coefficient (Wildman–Crippen LogP) is 10.6. The van der Waals surface area contributed by atoms with Crippen LogP contribution < -0.4 is 0 Å². The highest BCUT2D eigenvalue weighted by molar-refractivity contribution is 6.10. The van der Waals surface area contributed by atoms with Crippen LogP contribution in [0.3, 0.4) is 0 Å². The summed E-state index contributed by atoms with van der Waals surface area (Å²) >= 11 is 0. The van der Waals surface area contributed by atoms with Crippen molar-refractivity contribution in [1.29, 1.82) is 0 Å². The second kappa shape index (κ2) is 13.9. The standard InChI is InChI=1S/C21H22O2.C20H20O2/c1-4-21(2,3)20(22)23-14-17-10-7-9-16-13-12-15-8-5-6-11-18(15)19(16)17;1-3-14(2)20(21)22-13-17-9-6-8-16-12-11-15-7-4-5-10-18(15)19(16)17/h5-13H,4,14H2,1-3H3;4-12,14H,3,13H2,1-2H3. The summed E-state index contributed by atoms with van der Waals surface area (Å²) in [4.78, 5) is 24.2. The molecule has 4 nitrogen and oxygen atoms in total. The fraction of sp³-hybridized carbons (Fsp3) is 0.268. The maximum atomic E-state index is 12.2. The molecule has 6 aromatic rings. The van der Waals surface area contributed by atoms with Gasteiger partial charge in [0.1, 0.15) is 13.2 Å². The molecule has 6 aromatic carbocycles. The third-order valence-corrected chi connectivity index (χ3v) is 8.89. The minimum Gasteiger partial charge on any atom is -0.461 e. The van der Waals surface area contributed by atoms with Crippen molar-refractivity contribution >= 4 is 55.0 Å². The second-order valence-corrected chi connectivity index (χ2v) is 12.3. The Morgan fingerprint density at radius 2 is 1.04 bits per heavy atom. The Labute approximate surface area is 266 Å². The van der Waals surface area contributed by atoms with E-state index in [0.717, 1.165) is 24.0 Å². The van der Waals surface area contributed by atoms with Crippen LogP contribution in [0.25, 0.3) is 43.1 Å². The summed E-state index contributed by atoms with van der Waals surface area (Å²) in [6, 6.07) is 37.5. The minimum absolute atomic E-state index is 0.0493. The van der Waals surface area contributed by atoms with E-state index >= 15 is 0 Å². The van der Waals surface area contributed by atoms with Crippen LogP contribution in [-0.2, 0) is 32.3 Å². The number of rotatable bonds is 8. The van der Waals surface area contributed by atoms with E-state index < -0.39 is 5.41 Å². The lowest BCUT2D eigenvalue weighted by Gasteiger charge is -2.20. The molecule has 0 saturated heterocycles. The first-order valence-corrected chi connectivity index (χ1v) is 15.9. The van der Waals surface area contributed by atoms with Crippen LogP contribution in [0.5, 0.6) is 0 Å². The zero-order valence-corrected chi connectivity index (χ0v) is 26.9. The lowest BCUT2D eigenvalue weighted by atomic mass is 9.90. The normalized spacial score (nSPS) is 12.1. The van der Waals surface area contributed by atoms with Crippen LogP contribution in [0.1, 0.15) is 58.6 Å². The van der Waals surface area contributed by atoms with Crippen molar-refractivity contribution in [2.24, 2.45) is 11.3 Å². The molecule has 0 N–H and O–H groups in total. The maximum absolute atomic E-state index is 12.2. The minimum atomic E-state index is -0.438. The van der Waals surface area contributed by atoms with E-state index in [1.807, 2.05) is 83.1 Å². The first kappa shape index (κ1) is 31.7. The van der Waals surface area contributed by atoms with Gasteiger partial charge >= 0.3 is 11.9 Å². The summed E-state index contributed by atoms with van der Waals surface area (Å²) < 4.78 is 11.1. The average Bonchev–Trinajstić information content (AvgIpc) is 3.08. The Bertz CT molecular complexity index is 1970. The van der Waals surface area contributed by atoms with Gasteiger partial charge < -0.3 is 9.47 Å². The molecule has 0 aliphatic carbocycles. The molecular weight excluding hydrogens is 556 g/mol. The highest BCUT2D eigenvalue weighted by atomic mass is 16.5. The zero-order valence-electron chi connectivity index (χ0n) is 26.9. The number of fused-ring (bicyclic) bond motifs is 6. The van der Waals surface area contributed by atoms with Crippen molar-refractivity contribution in [2.45, 2.75) is 60.7 Å². The third kappa shape index (κ3) is 7.01. The summed E-state index contributed by atoms with van der Waals surface area (Å²) in [5.41, 5.74) is 1.68. The molecule has 0 amide bonds. The van der Waals surface area contributed by atoms with Crippen LogP contribution in [0, 0.1) is 11.3 Å². The molecule has 230 valence electrons. The van der Waals surface area contributed by atoms with E-state index in [1.165, 1.54) is 43.1 Å². The monoisotopic (exact) mass is 598 g/mol. The van der Waals surface area contributed by atoms with Gasteiger partial charge in [-0.25, -0.2) is 0 Å². The van der Waals surface area contributed by atoms with Gasteiger partial charge in [0.25, 0.3) is 0 Å². The second-order valence-electron chi connectivity index (χ2n) is 12.3. The Kier molecular flexibility index (Phi) is 9.83. The molecule has 0 radical (unpaired) electrons. The molecule has 6 rings (SSSR count). The van der Waals surface area contributed by atoms with E-state index in [2.05, 4.69) is 60.7 Å². The van der Waals surface area contributed by atoms with Gasteiger partial charge in [0.2, 0.25) is 0 Å². The summed E-state index contributed by atoms with van der Waals surface area (Å²) in [5, 5.41) is 9.51. The number of carbonyl (C=O) groups is 2. The van der Waals surface area contributed by atoms with Crippen LogP contribution >= 0.6 is 0 Å². The molecule has 0 bridgehead atoms. The van der Waals surface area contributed by atoms with Gasteiger partial charge in [-0.1, -0.05) is 130 Å². The van der Waals surface area contributed by atoms with E-state index in [1.54, 1.807) is 0 Å². The van der Waals surface area contributed by atoms with E-state index in [4.69, 9.17) is 9.47 Å². The van der Waals surface area contributed by atoms with Crippen LogP contribution in [0.4, 0.5) is 0 Å². The molecule has 0 fully saturated rings. The molecule has 0 aromatic heterocycles. The summed E-state index contributed by atoms with van der Waals surface area (Å²) in [6.45, 7) is 10.4. The molecule has 0 aliphatic heterocycles. The Balaban J connectivity index is 0.000000178. The first-order valence-electron chi connectivity index (χ1n) is 15.9. The lowest BCUT2D eigenvalue weighted by molar-refractivity contribution is -0.155. The van der Waals surface area contributed by atoms with Crippen molar-refractivity contribution in [1.82, 2.24) is 0 Å². The largest absolute Gasteiger partial charge is 0.461 e. The van der Waals surface area contributed by atoms with Crippen molar-refractivity contribution in [2.75, 3.05) is 0 Å². The van der Waals surface area contributed by atoms with Crippen LogP contribution in [0.15, 0.2) is 109 Å². The summed E-state index contributed by atoms with van der Waals surface area (Å²) in [7, 11) is 0. The Morgan fingerprint density at radius 1 is 0.600 bits per heavy atom. The molecule has 4 heteroatoms. The maximum Gasteiger partial charge on any atom is 0.311 e. The Morgan fingerprint density at radius 3 is 1.53 bits per heavy atom. The predicted molar refractivity (Wildman–Crippen MR) is 186 cm³/mol. The Hall–Kier alpha value is -4.70. The number of ether oxygens (including phenoxy) is 2. The van der Waals surface area contributed by atoms with Crippen LogP contribution in [-0.4, -0.2) is 11.9 Å². The van der Waals surface area contributed by atoms with Gasteiger partial charge in [-0.05, 0) is 80.9 Å². The molecule has 1 atom stereocenters. The average molecular weight is 599 g/mol. The van der Waals surface area contributed by atoms with Gasteiger partial charge in [0.15, 0.2) is 0 Å². The summed E-state index contributed by atoms with van der Waals surface area (Å²) in [5.74, 6) is -0.316. The first-order chi connectivity index (χ1) is 21.7. The van der Waals surface area contributed by atoms with Crippen molar-refractivity contribution in [3.8, 4) is 0 Å². The number of hydrogen-bond acceptors (Lipinski definition) is 4.